The Balaban J connectivity index is 2.09. The van der Waals surface area contributed by atoms with Crippen LogP contribution in [0, 0.1) is 0 Å². The molecule has 1 aromatic carbocycles. The number of hydrogen-bond donors (Lipinski definition) is 2. The Kier molecular flexibility index (Phi) is 4.69. The SMILES string of the molecule is CN(C)C1CCN(C(=O)Nc2ccc(Cl)cc2C(=O)O)C1. The zero-order chi connectivity index (χ0) is 15.6. The minimum Gasteiger partial charge on any atom is -0.478 e. The number of carboxylic acids is 1. The Hall–Kier alpha value is -1.79. The van der Waals surface area contributed by atoms with Crippen LogP contribution in [0.25, 0.3) is 0 Å². The Morgan fingerprint density at radius 1 is 1.43 bits per heavy atom. The van der Waals surface area contributed by atoms with Gasteiger partial charge in [0.25, 0.3) is 0 Å². The van der Waals surface area contributed by atoms with Crippen molar-refractivity contribution in [3.05, 3.63) is 28.8 Å². The highest BCUT2D eigenvalue weighted by molar-refractivity contribution is 6.31. The first kappa shape index (κ1) is 15.6. The minimum atomic E-state index is -1.12. The second-order valence-corrected chi connectivity index (χ2v) is 5.71. The zero-order valence-corrected chi connectivity index (χ0v) is 12.7. The molecule has 1 aromatic rings. The molecule has 0 radical (unpaired) electrons. The lowest BCUT2D eigenvalue weighted by Crippen LogP contribution is -2.37. The van der Waals surface area contributed by atoms with Gasteiger partial charge in [-0.15, -0.1) is 0 Å². The van der Waals surface area contributed by atoms with Crippen LogP contribution in [-0.4, -0.2) is 60.1 Å². The van der Waals surface area contributed by atoms with Gasteiger partial charge in [-0.05, 0) is 38.7 Å². The molecule has 1 unspecified atom stereocenters. The molecule has 0 spiro atoms. The first-order valence-corrected chi connectivity index (χ1v) is 7.01. The number of nitrogens with one attached hydrogen (secondary N) is 1. The van der Waals surface area contributed by atoms with Gasteiger partial charge < -0.3 is 20.2 Å². The predicted octanol–water partition coefficient (Wildman–Crippen LogP) is 2.21. The van der Waals surface area contributed by atoms with Gasteiger partial charge in [-0.25, -0.2) is 9.59 Å². The maximum atomic E-state index is 12.2. The van der Waals surface area contributed by atoms with Crippen molar-refractivity contribution in [2.75, 3.05) is 32.5 Å². The van der Waals surface area contributed by atoms with Gasteiger partial charge in [0.2, 0.25) is 0 Å². The number of hydrogen-bond acceptors (Lipinski definition) is 3. The van der Waals surface area contributed by atoms with Crippen molar-refractivity contribution in [1.29, 1.82) is 0 Å². The van der Waals surface area contributed by atoms with Gasteiger partial charge in [-0.2, -0.15) is 0 Å². The number of likely N-dealkylation sites (tertiary alicyclic amines) is 1. The smallest absolute Gasteiger partial charge is 0.337 e. The second kappa shape index (κ2) is 6.32. The summed E-state index contributed by atoms with van der Waals surface area (Å²) >= 11 is 5.79. The average molecular weight is 312 g/mol. The van der Waals surface area contributed by atoms with Crippen molar-refractivity contribution in [3.63, 3.8) is 0 Å². The molecule has 0 aromatic heterocycles. The molecule has 114 valence electrons. The minimum absolute atomic E-state index is 0.0146. The molecule has 1 fully saturated rings. The highest BCUT2D eigenvalue weighted by atomic mass is 35.5. The van der Waals surface area contributed by atoms with Crippen LogP contribution in [0.4, 0.5) is 10.5 Å². The summed E-state index contributed by atoms with van der Waals surface area (Å²) in [5, 5.41) is 12.1. The highest BCUT2D eigenvalue weighted by Gasteiger charge is 2.28. The lowest BCUT2D eigenvalue weighted by molar-refractivity contribution is 0.0698. The van der Waals surface area contributed by atoms with Gasteiger partial charge >= 0.3 is 12.0 Å². The Morgan fingerprint density at radius 3 is 2.71 bits per heavy atom. The first-order valence-electron chi connectivity index (χ1n) is 6.63. The predicted molar refractivity (Wildman–Crippen MR) is 81.1 cm³/mol. The van der Waals surface area contributed by atoms with Crippen LogP contribution in [0.2, 0.25) is 5.02 Å². The fourth-order valence-corrected chi connectivity index (χ4v) is 2.52. The van der Waals surface area contributed by atoms with Crippen molar-refractivity contribution >= 4 is 29.3 Å². The highest BCUT2D eigenvalue weighted by Crippen LogP contribution is 2.22. The molecule has 1 saturated heterocycles. The quantitative estimate of drug-likeness (QED) is 0.897. The Morgan fingerprint density at radius 2 is 2.14 bits per heavy atom. The topological polar surface area (TPSA) is 72.9 Å². The van der Waals surface area contributed by atoms with E-state index in [0.717, 1.165) is 6.42 Å². The van der Waals surface area contributed by atoms with Gasteiger partial charge in [0.15, 0.2) is 0 Å². The standard InChI is InChI=1S/C14H18ClN3O3/c1-17(2)10-5-6-18(8-10)14(21)16-12-4-3-9(15)7-11(12)13(19)20/h3-4,7,10H,5-6,8H2,1-2H3,(H,16,21)(H,19,20). The summed E-state index contributed by atoms with van der Waals surface area (Å²) in [5.41, 5.74) is 0.240. The number of carbonyl (C=O) groups excluding carboxylic acids is 1. The number of amides is 2. The van der Waals surface area contributed by atoms with Crippen LogP contribution in [0.15, 0.2) is 18.2 Å². The summed E-state index contributed by atoms with van der Waals surface area (Å²) in [6, 6.07) is 4.43. The van der Waals surface area contributed by atoms with Gasteiger partial charge in [-0.3, -0.25) is 0 Å². The normalized spacial score (nSPS) is 18.1. The van der Waals surface area contributed by atoms with Crippen molar-refractivity contribution in [2.24, 2.45) is 0 Å². The summed E-state index contributed by atoms with van der Waals surface area (Å²) in [5.74, 6) is -1.12. The van der Waals surface area contributed by atoms with Gasteiger partial charge in [0, 0.05) is 24.2 Å². The van der Waals surface area contributed by atoms with E-state index in [0.29, 0.717) is 24.2 Å². The molecule has 2 amide bonds. The van der Waals surface area contributed by atoms with E-state index in [-0.39, 0.29) is 17.3 Å². The van der Waals surface area contributed by atoms with Crippen LogP contribution < -0.4 is 5.32 Å². The number of likely N-dealkylation sites (N-methyl/N-ethyl adjacent to an activating group) is 1. The van der Waals surface area contributed by atoms with E-state index in [4.69, 9.17) is 16.7 Å². The van der Waals surface area contributed by atoms with Crippen molar-refractivity contribution in [3.8, 4) is 0 Å². The van der Waals surface area contributed by atoms with Crippen LogP contribution >= 0.6 is 11.6 Å². The third kappa shape index (κ3) is 3.65. The summed E-state index contributed by atoms with van der Waals surface area (Å²) < 4.78 is 0. The van der Waals surface area contributed by atoms with E-state index in [9.17, 15) is 9.59 Å². The summed E-state index contributed by atoms with van der Waals surface area (Å²) in [6.45, 7) is 1.29. The second-order valence-electron chi connectivity index (χ2n) is 5.28. The number of anilines is 1. The molecule has 0 saturated carbocycles. The molecule has 2 rings (SSSR count). The Labute approximate surface area is 128 Å². The fourth-order valence-electron chi connectivity index (χ4n) is 2.34. The van der Waals surface area contributed by atoms with Crippen LogP contribution in [0.3, 0.4) is 0 Å². The number of urea groups is 1. The molecule has 2 N–H and O–H groups in total. The van der Waals surface area contributed by atoms with Gasteiger partial charge in [0.1, 0.15) is 0 Å². The number of benzene rings is 1. The number of halogens is 1. The van der Waals surface area contributed by atoms with Crippen molar-refractivity contribution < 1.29 is 14.7 Å². The van der Waals surface area contributed by atoms with Crippen molar-refractivity contribution in [2.45, 2.75) is 12.5 Å². The molecule has 0 aliphatic carbocycles. The van der Waals surface area contributed by atoms with E-state index in [2.05, 4.69) is 10.2 Å². The van der Waals surface area contributed by atoms with E-state index in [1.165, 1.54) is 12.1 Å². The van der Waals surface area contributed by atoms with Gasteiger partial charge in [0.05, 0.1) is 11.3 Å². The molecule has 1 aliphatic heterocycles. The number of aromatic carboxylic acids is 1. The van der Waals surface area contributed by atoms with Crippen molar-refractivity contribution in [1.82, 2.24) is 9.80 Å². The maximum Gasteiger partial charge on any atom is 0.337 e. The molecule has 1 heterocycles. The zero-order valence-electron chi connectivity index (χ0n) is 12.0. The van der Waals surface area contributed by atoms with E-state index < -0.39 is 5.97 Å². The lowest BCUT2D eigenvalue weighted by Gasteiger charge is -2.21. The third-order valence-corrected chi connectivity index (χ3v) is 3.87. The van der Waals surface area contributed by atoms with Gasteiger partial charge in [-0.1, -0.05) is 11.6 Å². The molecule has 7 heteroatoms. The first-order chi connectivity index (χ1) is 9.88. The fraction of sp³-hybridized carbons (Fsp3) is 0.429. The summed E-state index contributed by atoms with van der Waals surface area (Å²) in [4.78, 5) is 27.2. The number of nitrogens with zero attached hydrogens (tertiary/aromatic N) is 2. The summed E-state index contributed by atoms with van der Waals surface area (Å²) in [6.07, 6.45) is 0.910. The number of rotatable bonds is 3. The van der Waals surface area contributed by atoms with Crippen LogP contribution in [0.5, 0.6) is 0 Å². The lowest BCUT2D eigenvalue weighted by atomic mass is 10.2. The molecule has 21 heavy (non-hydrogen) atoms. The Bertz CT molecular complexity index is 562. The van der Waals surface area contributed by atoms with E-state index >= 15 is 0 Å². The largest absolute Gasteiger partial charge is 0.478 e. The summed E-state index contributed by atoms with van der Waals surface area (Å²) in [7, 11) is 3.96. The number of carboxylic acid groups (broad SMARTS) is 1. The molecule has 6 nitrogen and oxygen atoms in total. The molecular weight excluding hydrogens is 294 g/mol. The van der Waals surface area contributed by atoms with Crippen LogP contribution in [0.1, 0.15) is 16.8 Å². The van der Waals surface area contributed by atoms with E-state index in [1.807, 2.05) is 14.1 Å². The third-order valence-electron chi connectivity index (χ3n) is 3.63. The molecule has 1 aliphatic rings. The number of carbonyl (C=O) groups is 2. The molecular formula is C14H18ClN3O3. The maximum absolute atomic E-state index is 12.2. The van der Waals surface area contributed by atoms with E-state index in [1.54, 1.807) is 11.0 Å². The molecule has 1 atom stereocenters. The molecule has 0 bridgehead atoms. The van der Waals surface area contributed by atoms with Crippen LogP contribution in [-0.2, 0) is 0 Å². The average Bonchev–Trinajstić information content (AvgIpc) is 2.90. The monoisotopic (exact) mass is 311 g/mol.